The van der Waals surface area contributed by atoms with Gasteiger partial charge < -0.3 is 20.3 Å². The number of aliphatic imine (C=N–C) groups is 1. The Hall–Kier alpha value is -2.66. The molecule has 0 radical (unpaired) electrons. The van der Waals surface area contributed by atoms with Gasteiger partial charge in [-0.1, -0.05) is 6.07 Å². The van der Waals surface area contributed by atoms with E-state index in [9.17, 15) is 23.1 Å². The molecule has 1 aliphatic rings. The number of sulfone groups is 1. The summed E-state index contributed by atoms with van der Waals surface area (Å²) < 4.78 is 37.7. The first-order valence-electron chi connectivity index (χ1n) is 11.9. The summed E-state index contributed by atoms with van der Waals surface area (Å²) in [6, 6.07) is 5.10. The standard InChI is InChI=1S/C25H39N3O7S/c1-16-20(28(21(30)34-23(2,3)4)22(31)35-24(5,6)7)27-25(8,15-36(16,32)33)19-14-18(26)12-11-17(19)10-9-13-29/h11-12,14,16,29H,9-10,13,15,26H2,1-8H3/t16?,25-/m0/s1. The van der Waals surface area contributed by atoms with Crippen LogP contribution >= 0.6 is 0 Å². The number of aryl methyl sites for hydroxylation is 1. The van der Waals surface area contributed by atoms with Crippen molar-refractivity contribution in [2.75, 3.05) is 18.1 Å². The first-order chi connectivity index (χ1) is 16.3. The summed E-state index contributed by atoms with van der Waals surface area (Å²) in [5.74, 6) is -0.653. The summed E-state index contributed by atoms with van der Waals surface area (Å²) in [5, 5.41) is 8.05. The second-order valence-electron chi connectivity index (χ2n) is 11.2. The van der Waals surface area contributed by atoms with E-state index in [4.69, 9.17) is 20.2 Å². The van der Waals surface area contributed by atoms with Gasteiger partial charge in [-0.15, -0.1) is 0 Å². The van der Waals surface area contributed by atoms with Crippen molar-refractivity contribution in [3.8, 4) is 0 Å². The Morgan fingerprint density at radius 1 is 1.14 bits per heavy atom. The van der Waals surface area contributed by atoms with Crippen molar-refractivity contribution in [2.45, 2.75) is 90.2 Å². The van der Waals surface area contributed by atoms with Crippen LogP contribution in [0.2, 0.25) is 0 Å². The first kappa shape index (κ1) is 29.6. The Labute approximate surface area is 213 Å². The fraction of sp³-hybridized carbons (Fsp3) is 0.640. The van der Waals surface area contributed by atoms with E-state index in [-0.39, 0.29) is 18.2 Å². The van der Waals surface area contributed by atoms with Crippen molar-refractivity contribution in [1.29, 1.82) is 0 Å². The van der Waals surface area contributed by atoms with Gasteiger partial charge in [0.1, 0.15) is 22.3 Å². The van der Waals surface area contributed by atoms with E-state index >= 15 is 0 Å². The average molecular weight is 526 g/mol. The Balaban J connectivity index is 2.78. The number of hydrogen-bond donors (Lipinski definition) is 2. The number of carbonyl (C=O) groups excluding carboxylic acids is 2. The fourth-order valence-electron chi connectivity index (χ4n) is 3.88. The second-order valence-corrected chi connectivity index (χ2v) is 13.6. The molecule has 0 aliphatic carbocycles. The van der Waals surface area contributed by atoms with Crippen LogP contribution in [-0.4, -0.2) is 65.3 Å². The van der Waals surface area contributed by atoms with E-state index in [0.29, 0.717) is 29.0 Å². The van der Waals surface area contributed by atoms with E-state index < -0.39 is 44.0 Å². The van der Waals surface area contributed by atoms with Gasteiger partial charge in [0.2, 0.25) is 0 Å². The summed E-state index contributed by atoms with van der Waals surface area (Å²) in [6.45, 7) is 12.7. The minimum Gasteiger partial charge on any atom is -0.443 e. The molecule has 0 saturated heterocycles. The van der Waals surface area contributed by atoms with Crippen molar-refractivity contribution >= 4 is 33.5 Å². The van der Waals surface area contributed by atoms with Crippen molar-refractivity contribution in [3.63, 3.8) is 0 Å². The Bertz CT molecular complexity index is 1110. The highest BCUT2D eigenvalue weighted by molar-refractivity contribution is 7.92. The molecule has 202 valence electrons. The zero-order chi connectivity index (χ0) is 27.7. The van der Waals surface area contributed by atoms with Crippen molar-refractivity contribution in [2.24, 2.45) is 4.99 Å². The molecule has 2 amide bonds. The van der Waals surface area contributed by atoms with Gasteiger partial charge >= 0.3 is 12.2 Å². The second kappa shape index (κ2) is 10.4. The lowest BCUT2D eigenvalue weighted by atomic mass is 9.87. The van der Waals surface area contributed by atoms with Gasteiger partial charge in [-0.3, -0.25) is 4.99 Å². The summed E-state index contributed by atoms with van der Waals surface area (Å²) in [7, 11) is -3.89. The van der Waals surface area contributed by atoms with Crippen LogP contribution in [0.4, 0.5) is 15.3 Å². The highest BCUT2D eigenvalue weighted by Crippen LogP contribution is 2.37. The number of carbonyl (C=O) groups is 2. The average Bonchev–Trinajstić information content (AvgIpc) is 2.67. The third-order valence-corrected chi connectivity index (χ3v) is 7.70. The lowest BCUT2D eigenvalue weighted by Gasteiger charge is -2.38. The molecular formula is C25H39N3O7S. The molecule has 1 aromatic rings. The summed E-state index contributed by atoms with van der Waals surface area (Å²) in [5.41, 5.74) is 4.43. The van der Waals surface area contributed by atoms with E-state index in [2.05, 4.69) is 0 Å². The predicted octanol–water partition coefficient (Wildman–Crippen LogP) is 3.80. The number of hydrogen-bond acceptors (Lipinski definition) is 9. The SMILES string of the molecule is CC1C(N(C(=O)OC(C)(C)C)C(=O)OC(C)(C)C)=N[C@](C)(c2cc(N)ccc2CCCO)CS1(=O)=O. The lowest BCUT2D eigenvalue weighted by molar-refractivity contribution is 0.0143. The third-order valence-electron chi connectivity index (χ3n) is 5.45. The third kappa shape index (κ3) is 7.19. The number of anilines is 1. The number of nitrogens with zero attached hydrogens (tertiary/aromatic N) is 2. The van der Waals surface area contributed by atoms with Crippen LogP contribution in [0, 0.1) is 0 Å². The van der Waals surface area contributed by atoms with Crippen molar-refractivity contribution in [3.05, 3.63) is 29.3 Å². The number of imide groups is 1. The molecule has 36 heavy (non-hydrogen) atoms. The highest BCUT2D eigenvalue weighted by Gasteiger charge is 2.48. The molecule has 2 atom stereocenters. The molecule has 0 bridgehead atoms. The Morgan fingerprint density at radius 3 is 2.14 bits per heavy atom. The van der Waals surface area contributed by atoms with Crippen LogP contribution in [-0.2, 0) is 31.3 Å². The number of rotatable bonds is 4. The number of nitrogens with two attached hydrogens (primary N) is 1. The minimum absolute atomic E-state index is 0.0462. The fourth-order valence-corrected chi connectivity index (χ4v) is 5.62. The van der Waals surface area contributed by atoms with Crippen LogP contribution in [0.1, 0.15) is 72.9 Å². The van der Waals surface area contributed by atoms with E-state index in [1.54, 1.807) is 66.7 Å². The molecule has 0 fully saturated rings. The molecule has 1 unspecified atom stereocenters. The maximum Gasteiger partial charge on any atom is 0.425 e. The lowest BCUT2D eigenvalue weighted by Crippen LogP contribution is -2.56. The van der Waals surface area contributed by atoms with Crippen LogP contribution < -0.4 is 5.73 Å². The molecule has 0 saturated carbocycles. The quantitative estimate of drug-likeness (QED) is 0.564. The first-order valence-corrected chi connectivity index (χ1v) is 13.6. The maximum absolute atomic E-state index is 13.4. The molecule has 2 rings (SSSR count). The molecule has 1 heterocycles. The minimum atomic E-state index is -3.89. The molecular weight excluding hydrogens is 486 g/mol. The molecule has 1 aliphatic heterocycles. The van der Waals surface area contributed by atoms with Crippen LogP contribution in [0.3, 0.4) is 0 Å². The molecule has 0 aromatic heterocycles. The number of aliphatic hydroxyl groups excluding tert-OH is 1. The number of benzene rings is 1. The summed E-state index contributed by atoms with van der Waals surface area (Å²) >= 11 is 0. The van der Waals surface area contributed by atoms with Crippen molar-refractivity contribution < 1.29 is 32.6 Å². The van der Waals surface area contributed by atoms with E-state index in [1.807, 2.05) is 0 Å². The van der Waals surface area contributed by atoms with Crippen LogP contribution in [0.15, 0.2) is 23.2 Å². The topological polar surface area (TPSA) is 149 Å². The zero-order valence-electron chi connectivity index (χ0n) is 22.4. The number of aliphatic hydroxyl groups is 1. The van der Waals surface area contributed by atoms with Gasteiger partial charge in [-0.25, -0.2) is 18.0 Å². The van der Waals surface area contributed by atoms with Gasteiger partial charge in [-0.2, -0.15) is 4.90 Å². The monoisotopic (exact) mass is 525 g/mol. The molecule has 11 heteroatoms. The smallest absolute Gasteiger partial charge is 0.425 e. The molecule has 3 N–H and O–H groups in total. The zero-order valence-corrected chi connectivity index (χ0v) is 23.2. The summed E-state index contributed by atoms with van der Waals surface area (Å²) in [4.78, 5) is 31.8. The van der Waals surface area contributed by atoms with Gasteiger partial charge in [0.05, 0.1) is 11.3 Å². The van der Waals surface area contributed by atoms with E-state index in [1.165, 1.54) is 6.92 Å². The van der Waals surface area contributed by atoms with Gasteiger partial charge in [0.25, 0.3) is 0 Å². The maximum atomic E-state index is 13.4. The Kier molecular flexibility index (Phi) is 8.52. The van der Waals surface area contributed by atoms with Crippen LogP contribution in [0.25, 0.3) is 0 Å². The number of nitrogen functional groups attached to an aromatic ring is 1. The van der Waals surface area contributed by atoms with Crippen molar-refractivity contribution in [1.82, 2.24) is 4.90 Å². The number of amidine groups is 1. The van der Waals surface area contributed by atoms with Gasteiger partial charge in [-0.05, 0) is 91.5 Å². The largest absolute Gasteiger partial charge is 0.443 e. The predicted molar refractivity (Wildman–Crippen MR) is 139 cm³/mol. The van der Waals surface area contributed by atoms with Gasteiger partial charge in [0, 0.05) is 12.3 Å². The van der Waals surface area contributed by atoms with Crippen LogP contribution in [0.5, 0.6) is 0 Å². The summed E-state index contributed by atoms with van der Waals surface area (Å²) in [6.07, 6.45) is -1.26. The molecule has 10 nitrogen and oxygen atoms in total. The normalized spacial score (nSPS) is 21.9. The number of amides is 2. The number of ether oxygens (including phenoxy) is 2. The van der Waals surface area contributed by atoms with Gasteiger partial charge in [0.15, 0.2) is 9.84 Å². The Morgan fingerprint density at radius 2 is 1.67 bits per heavy atom. The highest BCUT2D eigenvalue weighted by atomic mass is 32.2. The molecule has 0 spiro atoms. The van der Waals surface area contributed by atoms with E-state index in [0.717, 1.165) is 5.56 Å². The molecule has 1 aromatic carbocycles.